The lowest BCUT2D eigenvalue weighted by Gasteiger charge is -2.43. The van der Waals surface area contributed by atoms with Crippen LogP contribution in [-0.2, 0) is 16.0 Å². The Bertz CT molecular complexity index is 501. The van der Waals surface area contributed by atoms with Crippen molar-refractivity contribution in [3.63, 3.8) is 0 Å². The van der Waals surface area contributed by atoms with Crippen LogP contribution in [0.5, 0.6) is 0 Å². The number of hydrogen-bond donors (Lipinski definition) is 1. The highest BCUT2D eigenvalue weighted by Crippen LogP contribution is 2.40. The molecule has 2 aliphatic heterocycles. The first-order valence-electron chi connectivity index (χ1n) is 7.74. The maximum Gasteiger partial charge on any atom is 0.227 e. The number of carbonyl (C=O) groups excluding carboxylic acids is 2. The van der Waals surface area contributed by atoms with Gasteiger partial charge in [0.1, 0.15) is 0 Å². The zero-order chi connectivity index (χ0) is 14.7. The minimum Gasteiger partial charge on any atom is -0.303 e. The van der Waals surface area contributed by atoms with Crippen LogP contribution < -0.4 is 5.32 Å². The lowest BCUT2D eigenvalue weighted by molar-refractivity contribution is -0.139. The molecule has 1 aromatic carbocycles. The third kappa shape index (κ3) is 3.50. The van der Waals surface area contributed by atoms with Crippen LogP contribution in [0.25, 0.3) is 0 Å². The van der Waals surface area contributed by atoms with Gasteiger partial charge in [-0.2, -0.15) is 0 Å². The van der Waals surface area contributed by atoms with E-state index in [1.807, 2.05) is 6.07 Å². The van der Waals surface area contributed by atoms with Gasteiger partial charge in [0.2, 0.25) is 11.8 Å². The lowest BCUT2D eigenvalue weighted by atomic mass is 9.71. The quantitative estimate of drug-likeness (QED) is 0.861. The van der Waals surface area contributed by atoms with Gasteiger partial charge in [-0.05, 0) is 43.3 Å². The van der Waals surface area contributed by atoms with Crippen LogP contribution in [0.4, 0.5) is 0 Å². The SMILES string of the molecule is O=C1CC2(CCN(CCc3ccccc3)CC2)CC(=O)N1. The van der Waals surface area contributed by atoms with Crippen molar-refractivity contribution in [1.29, 1.82) is 0 Å². The van der Waals surface area contributed by atoms with Crippen LogP contribution in [0.1, 0.15) is 31.2 Å². The van der Waals surface area contributed by atoms with Crippen molar-refractivity contribution in [2.45, 2.75) is 32.1 Å². The van der Waals surface area contributed by atoms with Gasteiger partial charge in [0.25, 0.3) is 0 Å². The predicted molar refractivity (Wildman–Crippen MR) is 80.6 cm³/mol. The standard InChI is InChI=1S/C17H22N2O2/c20-15-12-17(13-16(21)18-15)7-10-19(11-8-17)9-6-14-4-2-1-3-5-14/h1-5H,6-13H2,(H,18,20,21). The molecule has 0 saturated carbocycles. The fraction of sp³-hybridized carbons (Fsp3) is 0.529. The van der Waals surface area contributed by atoms with Crippen LogP contribution in [-0.4, -0.2) is 36.3 Å². The number of imide groups is 1. The second-order valence-corrected chi connectivity index (χ2v) is 6.40. The molecule has 2 heterocycles. The van der Waals surface area contributed by atoms with Gasteiger partial charge < -0.3 is 4.90 Å². The molecular formula is C17H22N2O2. The molecule has 0 atom stereocenters. The van der Waals surface area contributed by atoms with Crippen LogP contribution in [0.3, 0.4) is 0 Å². The zero-order valence-corrected chi connectivity index (χ0v) is 12.3. The van der Waals surface area contributed by atoms with E-state index in [1.54, 1.807) is 0 Å². The number of piperidine rings is 2. The van der Waals surface area contributed by atoms with Gasteiger partial charge in [-0.25, -0.2) is 0 Å². The molecule has 2 saturated heterocycles. The molecule has 0 aliphatic carbocycles. The molecule has 112 valence electrons. The highest BCUT2D eigenvalue weighted by atomic mass is 16.2. The zero-order valence-electron chi connectivity index (χ0n) is 12.3. The molecule has 0 unspecified atom stereocenters. The lowest BCUT2D eigenvalue weighted by Crippen LogP contribution is -2.50. The van der Waals surface area contributed by atoms with Crippen molar-refractivity contribution in [2.75, 3.05) is 19.6 Å². The molecule has 4 heteroatoms. The molecule has 1 spiro atoms. The van der Waals surface area contributed by atoms with Gasteiger partial charge in [-0.3, -0.25) is 14.9 Å². The molecule has 0 bridgehead atoms. The number of hydrogen-bond acceptors (Lipinski definition) is 3. The summed E-state index contributed by atoms with van der Waals surface area (Å²) in [7, 11) is 0. The van der Waals surface area contributed by atoms with Crippen LogP contribution in [0, 0.1) is 5.41 Å². The van der Waals surface area contributed by atoms with Crippen molar-refractivity contribution in [1.82, 2.24) is 10.2 Å². The summed E-state index contributed by atoms with van der Waals surface area (Å²) in [6, 6.07) is 10.5. The molecule has 0 aromatic heterocycles. The smallest absolute Gasteiger partial charge is 0.227 e. The first-order chi connectivity index (χ1) is 10.2. The molecule has 21 heavy (non-hydrogen) atoms. The number of carbonyl (C=O) groups is 2. The third-order valence-electron chi connectivity index (χ3n) is 4.83. The Balaban J connectivity index is 1.51. The van der Waals surface area contributed by atoms with Crippen LogP contribution >= 0.6 is 0 Å². The fourth-order valence-corrected chi connectivity index (χ4v) is 3.52. The van der Waals surface area contributed by atoms with E-state index in [9.17, 15) is 9.59 Å². The Morgan fingerprint density at radius 3 is 2.24 bits per heavy atom. The van der Waals surface area contributed by atoms with Crippen molar-refractivity contribution in [2.24, 2.45) is 5.41 Å². The van der Waals surface area contributed by atoms with Crippen molar-refractivity contribution >= 4 is 11.8 Å². The highest BCUT2D eigenvalue weighted by molar-refractivity contribution is 5.98. The molecular weight excluding hydrogens is 264 g/mol. The molecule has 1 N–H and O–H groups in total. The van der Waals surface area contributed by atoms with Gasteiger partial charge in [-0.15, -0.1) is 0 Å². The summed E-state index contributed by atoms with van der Waals surface area (Å²) in [4.78, 5) is 25.6. The largest absolute Gasteiger partial charge is 0.303 e. The maximum atomic E-state index is 11.6. The Morgan fingerprint density at radius 1 is 1.00 bits per heavy atom. The van der Waals surface area contributed by atoms with E-state index in [-0.39, 0.29) is 17.2 Å². The van der Waals surface area contributed by atoms with E-state index in [0.29, 0.717) is 12.8 Å². The van der Waals surface area contributed by atoms with Crippen LogP contribution in [0.2, 0.25) is 0 Å². The highest BCUT2D eigenvalue weighted by Gasteiger charge is 2.41. The van der Waals surface area contributed by atoms with Gasteiger partial charge in [0.15, 0.2) is 0 Å². The van der Waals surface area contributed by atoms with Crippen molar-refractivity contribution in [3.05, 3.63) is 35.9 Å². The Kier molecular flexibility index (Phi) is 4.06. The van der Waals surface area contributed by atoms with Crippen LogP contribution in [0.15, 0.2) is 30.3 Å². The second kappa shape index (κ2) is 5.98. The number of likely N-dealkylation sites (tertiary alicyclic amines) is 1. The van der Waals surface area contributed by atoms with Crippen molar-refractivity contribution in [3.8, 4) is 0 Å². The Morgan fingerprint density at radius 2 is 1.62 bits per heavy atom. The molecule has 2 aliphatic rings. The monoisotopic (exact) mass is 286 g/mol. The molecule has 1 aromatic rings. The van der Waals surface area contributed by atoms with E-state index in [1.165, 1.54) is 5.56 Å². The van der Waals surface area contributed by atoms with Gasteiger partial charge in [0, 0.05) is 19.4 Å². The van der Waals surface area contributed by atoms with E-state index in [2.05, 4.69) is 34.5 Å². The molecule has 2 fully saturated rings. The van der Waals surface area contributed by atoms with Gasteiger partial charge in [0.05, 0.1) is 0 Å². The Hall–Kier alpha value is -1.68. The number of amides is 2. The predicted octanol–water partition coefficient (Wildman–Crippen LogP) is 1.75. The number of nitrogens with zero attached hydrogens (tertiary/aromatic N) is 1. The van der Waals surface area contributed by atoms with E-state index >= 15 is 0 Å². The summed E-state index contributed by atoms with van der Waals surface area (Å²) >= 11 is 0. The third-order valence-corrected chi connectivity index (χ3v) is 4.83. The number of benzene rings is 1. The summed E-state index contributed by atoms with van der Waals surface area (Å²) in [5.41, 5.74) is 1.30. The summed E-state index contributed by atoms with van der Waals surface area (Å²) in [5, 5.41) is 2.42. The maximum absolute atomic E-state index is 11.6. The summed E-state index contributed by atoms with van der Waals surface area (Å²) in [6.45, 7) is 3.04. The molecule has 3 rings (SSSR count). The minimum absolute atomic E-state index is 0.0668. The Labute approximate surface area is 125 Å². The first-order valence-corrected chi connectivity index (χ1v) is 7.74. The first kappa shape index (κ1) is 14.3. The summed E-state index contributed by atoms with van der Waals surface area (Å²) in [6.07, 6.45) is 4.02. The minimum atomic E-state index is -0.0935. The second-order valence-electron chi connectivity index (χ2n) is 6.40. The molecule has 4 nitrogen and oxygen atoms in total. The average molecular weight is 286 g/mol. The average Bonchev–Trinajstić information content (AvgIpc) is 2.47. The summed E-state index contributed by atoms with van der Waals surface area (Å²) < 4.78 is 0. The topological polar surface area (TPSA) is 49.4 Å². The van der Waals surface area contributed by atoms with Gasteiger partial charge in [-0.1, -0.05) is 30.3 Å². The van der Waals surface area contributed by atoms with Crippen molar-refractivity contribution < 1.29 is 9.59 Å². The molecule has 2 amide bonds. The normalized spacial score (nSPS) is 22.3. The van der Waals surface area contributed by atoms with E-state index < -0.39 is 0 Å². The van der Waals surface area contributed by atoms with Gasteiger partial charge >= 0.3 is 0 Å². The number of rotatable bonds is 3. The van der Waals surface area contributed by atoms with E-state index in [0.717, 1.165) is 38.9 Å². The number of nitrogens with one attached hydrogen (secondary N) is 1. The van der Waals surface area contributed by atoms with E-state index in [4.69, 9.17) is 0 Å². The molecule has 0 radical (unpaired) electrons. The fourth-order valence-electron chi connectivity index (χ4n) is 3.52. The summed E-state index contributed by atoms with van der Waals surface area (Å²) in [5.74, 6) is -0.187.